The summed E-state index contributed by atoms with van der Waals surface area (Å²) in [5.74, 6) is 0. The van der Waals surface area contributed by atoms with Crippen molar-refractivity contribution in [3.05, 3.63) is 11.6 Å². The Kier molecular flexibility index (Phi) is 5.94. The number of aliphatic hydroxyl groups is 2. The highest BCUT2D eigenvalue weighted by atomic mass is 31.1. The Hall–Kier alpha value is -0.110. The van der Waals surface area contributed by atoms with Crippen LogP contribution in [0.3, 0.4) is 0 Å². The van der Waals surface area contributed by atoms with Crippen LogP contribution in [-0.4, -0.2) is 29.6 Å². The van der Waals surface area contributed by atoms with Crippen molar-refractivity contribution in [3.8, 4) is 0 Å². The molecule has 0 spiro atoms. The number of hydrogen-bond acceptors (Lipinski definition) is 3. The molecule has 0 aromatic rings. The molecule has 1 unspecified atom stereocenters. The fourth-order valence-electron chi connectivity index (χ4n) is 0.394. The van der Waals surface area contributed by atoms with Crippen molar-refractivity contribution in [1.29, 1.82) is 0 Å². The van der Waals surface area contributed by atoms with Gasteiger partial charge in [0.1, 0.15) is 0 Å². The molecule has 0 fully saturated rings. The van der Waals surface area contributed by atoms with Gasteiger partial charge in [-0.2, -0.15) is 0 Å². The van der Waals surface area contributed by atoms with Gasteiger partial charge in [-0.25, -0.2) is 0 Å². The van der Waals surface area contributed by atoms with Crippen LogP contribution in [-0.2, 0) is 4.57 Å². The normalized spacial score (nSPS) is 10.4. The Morgan fingerprint density at radius 1 is 1.44 bits per heavy atom. The van der Waals surface area contributed by atoms with E-state index in [0.29, 0.717) is 11.7 Å². The van der Waals surface area contributed by atoms with Crippen molar-refractivity contribution >= 4 is 8.46 Å². The Bertz CT molecular complexity index is 105. The summed E-state index contributed by atoms with van der Waals surface area (Å²) in [5, 5.41) is 16.9. The number of allylic oxidation sites excluding steroid dienone is 1. The smallest absolute Gasteiger partial charge is 0.0681 e. The Balaban J connectivity index is 3.60. The van der Waals surface area contributed by atoms with Crippen LogP contribution in [0.5, 0.6) is 0 Å². The van der Waals surface area contributed by atoms with Crippen LogP contribution < -0.4 is 0 Å². The SMILES string of the molecule is O=[PH2]CC=C(CO)CO. The molecule has 0 saturated carbocycles. The van der Waals surface area contributed by atoms with Gasteiger partial charge in [-0.1, -0.05) is 6.08 Å². The predicted molar refractivity (Wildman–Crippen MR) is 37.5 cm³/mol. The van der Waals surface area contributed by atoms with Crippen LogP contribution in [0.15, 0.2) is 11.6 Å². The molecule has 0 aromatic heterocycles. The molecule has 2 N–H and O–H groups in total. The molecule has 0 bridgehead atoms. The molecule has 0 aliphatic heterocycles. The Morgan fingerprint density at radius 2 is 2.00 bits per heavy atom. The summed E-state index contributed by atoms with van der Waals surface area (Å²) in [5.41, 5.74) is 0.540. The highest BCUT2D eigenvalue weighted by molar-refractivity contribution is 7.23. The maximum Gasteiger partial charge on any atom is 0.0681 e. The minimum absolute atomic E-state index is 0.143. The van der Waals surface area contributed by atoms with E-state index in [9.17, 15) is 4.57 Å². The number of rotatable bonds is 4. The molecular formula is C5H11O3P. The molecule has 54 valence electrons. The maximum atomic E-state index is 9.94. The zero-order valence-corrected chi connectivity index (χ0v) is 6.23. The Labute approximate surface area is 55.2 Å². The maximum absolute atomic E-state index is 9.94. The molecule has 0 heterocycles. The molecule has 0 amide bonds. The summed E-state index contributed by atoms with van der Waals surface area (Å²) < 4.78 is 9.94. The zero-order valence-electron chi connectivity index (χ0n) is 5.08. The second-order valence-electron chi connectivity index (χ2n) is 1.58. The minimum atomic E-state index is -0.794. The lowest BCUT2D eigenvalue weighted by Crippen LogP contribution is -1.95. The predicted octanol–water partition coefficient (Wildman–Crippen LogP) is -0.346. The molecule has 9 heavy (non-hydrogen) atoms. The summed E-state index contributed by atoms with van der Waals surface area (Å²) in [6, 6.07) is 0. The molecular weight excluding hydrogens is 139 g/mol. The van der Waals surface area contributed by atoms with Crippen LogP contribution >= 0.6 is 8.46 Å². The molecule has 1 atom stereocenters. The molecule has 3 nitrogen and oxygen atoms in total. The molecule has 0 aliphatic carbocycles. The van der Waals surface area contributed by atoms with E-state index < -0.39 is 8.46 Å². The van der Waals surface area contributed by atoms with Gasteiger partial charge in [-0.05, 0) is 5.57 Å². The topological polar surface area (TPSA) is 57.5 Å². The monoisotopic (exact) mass is 150 g/mol. The number of aliphatic hydroxyl groups excluding tert-OH is 2. The van der Waals surface area contributed by atoms with E-state index in [1.165, 1.54) is 0 Å². The van der Waals surface area contributed by atoms with Crippen molar-refractivity contribution in [2.45, 2.75) is 0 Å². The fourth-order valence-corrected chi connectivity index (χ4v) is 0.823. The first-order valence-corrected chi connectivity index (χ1v) is 3.97. The zero-order chi connectivity index (χ0) is 7.11. The molecule has 0 rings (SSSR count). The second-order valence-corrected chi connectivity index (χ2v) is 2.39. The van der Waals surface area contributed by atoms with Crippen molar-refractivity contribution in [2.24, 2.45) is 0 Å². The van der Waals surface area contributed by atoms with Gasteiger partial charge in [-0.15, -0.1) is 0 Å². The summed E-state index contributed by atoms with van der Waals surface area (Å²) in [4.78, 5) is 0. The second kappa shape index (κ2) is 6.02. The van der Waals surface area contributed by atoms with Crippen molar-refractivity contribution in [2.75, 3.05) is 19.4 Å². The quantitative estimate of drug-likeness (QED) is 0.425. The minimum Gasteiger partial charge on any atom is -0.392 e. The van der Waals surface area contributed by atoms with Crippen LogP contribution in [0, 0.1) is 0 Å². The first-order valence-electron chi connectivity index (χ1n) is 2.68. The van der Waals surface area contributed by atoms with E-state index >= 15 is 0 Å². The summed E-state index contributed by atoms with van der Waals surface area (Å²) in [7, 11) is -0.794. The first-order chi connectivity index (χ1) is 4.35. The lowest BCUT2D eigenvalue weighted by molar-refractivity contribution is 0.276. The van der Waals surface area contributed by atoms with Crippen LogP contribution in [0.25, 0.3) is 0 Å². The van der Waals surface area contributed by atoms with Gasteiger partial charge in [-0.3, -0.25) is 0 Å². The van der Waals surface area contributed by atoms with Crippen LogP contribution in [0.2, 0.25) is 0 Å². The van der Waals surface area contributed by atoms with E-state index in [4.69, 9.17) is 10.2 Å². The van der Waals surface area contributed by atoms with Crippen LogP contribution in [0.4, 0.5) is 0 Å². The first kappa shape index (κ1) is 8.89. The van der Waals surface area contributed by atoms with Gasteiger partial charge in [0.05, 0.1) is 21.7 Å². The average Bonchev–Trinajstić information content (AvgIpc) is 1.91. The van der Waals surface area contributed by atoms with Crippen molar-refractivity contribution in [3.63, 3.8) is 0 Å². The average molecular weight is 150 g/mol. The molecule has 0 radical (unpaired) electrons. The van der Waals surface area contributed by atoms with E-state index in [1.807, 2.05) is 0 Å². The van der Waals surface area contributed by atoms with Gasteiger partial charge in [0.25, 0.3) is 0 Å². The third kappa shape index (κ3) is 4.40. The van der Waals surface area contributed by atoms with Gasteiger partial charge < -0.3 is 14.8 Å². The third-order valence-electron chi connectivity index (χ3n) is 0.909. The standard InChI is InChI=1S/C5H11O3P/c6-3-5(4-7)1-2-9-8/h1,6-7H,2-4,9H2. The van der Waals surface area contributed by atoms with E-state index in [1.54, 1.807) is 6.08 Å². The molecule has 4 heteroatoms. The fraction of sp³-hybridized carbons (Fsp3) is 0.600. The molecule has 0 aliphatic rings. The lowest BCUT2D eigenvalue weighted by atomic mass is 10.3. The van der Waals surface area contributed by atoms with Gasteiger partial charge in [0.15, 0.2) is 0 Å². The van der Waals surface area contributed by atoms with Gasteiger partial charge >= 0.3 is 0 Å². The number of hydrogen-bond donors (Lipinski definition) is 2. The van der Waals surface area contributed by atoms with E-state index in [2.05, 4.69) is 0 Å². The largest absolute Gasteiger partial charge is 0.392 e. The Morgan fingerprint density at radius 3 is 2.33 bits per heavy atom. The van der Waals surface area contributed by atoms with E-state index in [-0.39, 0.29) is 13.2 Å². The van der Waals surface area contributed by atoms with Crippen molar-refractivity contribution < 1.29 is 14.8 Å². The van der Waals surface area contributed by atoms with Gasteiger partial charge in [0.2, 0.25) is 0 Å². The summed E-state index contributed by atoms with van der Waals surface area (Å²) in [6.07, 6.45) is 2.07. The molecule has 0 saturated heterocycles. The van der Waals surface area contributed by atoms with Crippen LogP contribution in [0.1, 0.15) is 0 Å². The van der Waals surface area contributed by atoms with E-state index in [0.717, 1.165) is 0 Å². The summed E-state index contributed by atoms with van der Waals surface area (Å²) in [6.45, 7) is -0.286. The lowest BCUT2D eigenvalue weighted by Gasteiger charge is -1.94. The highest BCUT2D eigenvalue weighted by Crippen LogP contribution is 1.96. The van der Waals surface area contributed by atoms with Gasteiger partial charge in [0, 0.05) is 6.16 Å². The summed E-state index contributed by atoms with van der Waals surface area (Å²) >= 11 is 0. The third-order valence-corrected chi connectivity index (χ3v) is 1.34. The molecule has 0 aromatic carbocycles. The van der Waals surface area contributed by atoms with Crippen molar-refractivity contribution in [1.82, 2.24) is 0 Å². The highest BCUT2D eigenvalue weighted by Gasteiger charge is 1.88.